The van der Waals surface area contributed by atoms with Crippen LogP contribution in [0.1, 0.15) is 219 Å². The van der Waals surface area contributed by atoms with Crippen LogP contribution in [0.4, 0.5) is 34.9 Å². The maximum Gasteiger partial charge on any atom is 0.147 e. The predicted molar refractivity (Wildman–Crippen MR) is 503 cm³/mol. The van der Waals surface area contributed by atoms with Gasteiger partial charge in [-0.25, -0.2) is 54.8 Å². The van der Waals surface area contributed by atoms with Crippen molar-refractivity contribution in [2.75, 3.05) is 115 Å². The molecule has 21 rings (SSSR count). The number of aryl methyl sites for hydroxylation is 4. The molecule has 19 heterocycles. The van der Waals surface area contributed by atoms with Gasteiger partial charge in [-0.15, -0.1) is 0 Å². The molecule has 1 aliphatic carbocycles. The number of aliphatic imine (C=N–C) groups is 5. The molecule has 11 aliphatic rings. The highest BCUT2D eigenvalue weighted by molar-refractivity contribution is 6.38. The third kappa shape index (κ3) is 18.5. The van der Waals surface area contributed by atoms with Crippen LogP contribution in [0.25, 0.3) is 0 Å². The van der Waals surface area contributed by atoms with Crippen LogP contribution >= 0.6 is 34.8 Å². The molecule has 127 heavy (non-hydrogen) atoms. The normalized spacial score (nSPS) is 19.9. The van der Waals surface area contributed by atoms with Crippen molar-refractivity contribution < 1.29 is 0 Å². The van der Waals surface area contributed by atoms with E-state index in [1.807, 2.05) is 95.2 Å². The van der Waals surface area contributed by atoms with Gasteiger partial charge in [-0.1, -0.05) is 73.3 Å². The molecule has 6 fully saturated rings. The average molecular weight is 1780 g/mol. The Morgan fingerprint density at radius 1 is 0.402 bits per heavy atom. The van der Waals surface area contributed by atoms with Gasteiger partial charge < -0.3 is 58.5 Å². The van der Waals surface area contributed by atoms with Gasteiger partial charge in [0.25, 0.3) is 0 Å². The second-order valence-corrected chi connectivity index (χ2v) is 38.0. The van der Waals surface area contributed by atoms with Crippen LogP contribution in [-0.4, -0.2) is 211 Å². The first-order valence-electron chi connectivity index (χ1n) is 44.4. The number of nitrogens with two attached hydrogens (primary N) is 5. The summed E-state index contributed by atoms with van der Waals surface area (Å²) in [6.45, 7) is 30.5. The number of piperidine rings is 5. The average Bonchev–Trinajstić information content (AvgIpc) is 1.65. The molecule has 32 nitrogen and oxygen atoms in total. The number of pyridine rings is 2. The molecule has 1 atom stereocenters. The molecule has 1 spiro atoms. The Kier molecular flexibility index (Phi) is 25.5. The van der Waals surface area contributed by atoms with E-state index in [2.05, 4.69) is 133 Å². The molecule has 10 aromatic rings. The van der Waals surface area contributed by atoms with Gasteiger partial charge in [-0.2, -0.15) is 10.2 Å². The van der Waals surface area contributed by atoms with Crippen LogP contribution < -0.4 is 58.5 Å². The molecule has 0 amide bonds. The maximum atomic E-state index is 6.48. The first-order valence-corrected chi connectivity index (χ1v) is 45.5. The van der Waals surface area contributed by atoms with E-state index in [4.69, 9.17) is 93.4 Å². The summed E-state index contributed by atoms with van der Waals surface area (Å²) in [6, 6.07) is 10.1. The molecule has 0 bridgehead atoms. The monoisotopic (exact) mass is 1770 g/mol. The van der Waals surface area contributed by atoms with Crippen molar-refractivity contribution in [3.8, 4) is 0 Å². The van der Waals surface area contributed by atoms with E-state index in [1.165, 1.54) is 32.1 Å². The van der Waals surface area contributed by atoms with E-state index in [0.29, 0.717) is 60.0 Å². The number of nitrogens with one attached hydrogen (secondary N) is 3. The molecule has 9 aromatic heterocycles. The lowest BCUT2D eigenvalue weighted by Crippen LogP contribution is -2.48. The third-order valence-corrected chi connectivity index (χ3v) is 29.0. The fraction of sp³-hybridized carbons (Fsp3) is 0.489. The van der Waals surface area contributed by atoms with E-state index in [-0.39, 0.29) is 21.9 Å². The summed E-state index contributed by atoms with van der Waals surface area (Å²) in [4.78, 5) is 90.7. The van der Waals surface area contributed by atoms with E-state index in [0.717, 1.165) is 300 Å². The van der Waals surface area contributed by atoms with Crippen LogP contribution in [0.15, 0.2) is 111 Å². The number of benzene rings is 1. The lowest BCUT2D eigenvalue weighted by Gasteiger charge is -2.42. The minimum absolute atomic E-state index is 0.0706. The number of H-pyrrole nitrogens is 2. The molecular formula is C92H115Cl3N32. The summed E-state index contributed by atoms with van der Waals surface area (Å²) < 4.78 is 0. The smallest absolute Gasteiger partial charge is 0.147 e. The van der Waals surface area contributed by atoms with Gasteiger partial charge in [0.2, 0.25) is 0 Å². The second kappa shape index (κ2) is 36.7. The molecule has 0 radical (unpaired) electrons. The van der Waals surface area contributed by atoms with Crippen LogP contribution in [0.3, 0.4) is 0 Å². The minimum atomic E-state index is -0.0765. The Bertz CT molecular complexity index is 5740. The largest absolute Gasteiger partial charge is 0.372 e. The van der Waals surface area contributed by atoms with Crippen molar-refractivity contribution in [3.63, 3.8) is 0 Å². The first-order chi connectivity index (χ1) is 61.2. The van der Waals surface area contributed by atoms with E-state index >= 15 is 0 Å². The van der Waals surface area contributed by atoms with Crippen molar-refractivity contribution in [1.29, 1.82) is 0 Å². The molecule has 664 valence electrons. The zero-order valence-corrected chi connectivity index (χ0v) is 76.4. The number of rotatable bonds is 13. The maximum absolute atomic E-state index is 6.48. The predicted octanol–water partition coefficient (Wildman–Crippen LogP) is 11.5. The van der Waals surface area contributed by atoms with Crippen LogP contribution in [0.5, 0.6) is 0 Å². The fourth-order valence-electron chi connectivity index (χ4n) is 18.6. The molecule has 13 N–H and O–H groups in total. The number of anilines is 6. The van der Waals surface area contributed by atoms with Gasteiger partial charge in [0.1, 0.15) is 63.4 Å². The second-order valence-electron chi connectivity index (χ2n) is 36.9. The number of fused-ring (bicyclic) bond motifs is 5. The summed E-state index contributed by atoms with van der Waals surface area (Å²) in [7, 11) is 1.79. The van der Waals surface area contributed by atoms with Gasteiger partial charge in [0, 0.05) is 141 Å². The number of hydrogen-bond donors (Lipinski definition) is 8. The van der Waals surface area contributed by atoms with Gasteiger partial charge >= 0.3 is 0 Å². The molecular weight excluding hydrogens is 1660 g/mol. The quantitative estimate of drug-likeness (QED) is 0.0531. The van der Waals surface area contributed by atoms with Crippen LogP contribution in [0, 0.1) is 43.9 Å². The van der Waals surface area contributed by atoms with E-state index in [9.17, 15) is 0 Å². The number of hydrogen-bond acceptors (Lipinski definition) is 30. The molecule has 35 heteroatoms. The molecule has 0 unspecified atom stereocenters. The topological polar surface area (TPSA) is 432 Å². The molecule has 10 aliphatic heterocycles. The zero-order valence-electron chi connectivity index (χ0n) is 74.1. The van der Waals surface area contributed by atoms with Crippen molar-refractivity contribution in [3.05, 3.63) is 209 Å². The molecule has 5 saturated heterocycles. The minimum Gasteiger partial charge on any atom is -0.372 e. The van der Waals surface area contributed by atoms with E-state index in [1.54, 1.807) is 25.6 Å². The first kappa shape index (κ1) is 88.2. The van der Waals surface area contributed by atoms with E-state index < -0.39 is 0 Å². The number of aromatic nitrogens is 16. The summed E-state index contributed by atoms with van der Waals surface area (Å²) in [6.07, 6.45) is 30.7. The van der Waals surface area contributed by atoms with Gasteiger partial charge in [-0.3, -0.25) is 40.1 Å². The Morgan fingerprint density at radius 3 is 1.06 bits per heavy atom. The Labute approximate surface area is 756 Å². The highest BCUT2D eigenvalue weighted by Gasteiger charge is 2.44. The van der Waals surface area contributed by atoms with Crippen molar-refractivity contribution >= 4 is 98.3 Å². The Hall–Kier alpha value is -10.8. The standard InChI is InChI=1S/C19H24ClN7.C19H22ClN5.C19H25N7.C18H21ClN6.C17H23N7/c1-19(11-21)4-7-27(8-5-19)14-10-25-17-13(26-14)9-24-16(17)12-3-6-23-18(22-2)15(12)20;1-12-4-3-5-13(16(12)20)17-18-14(10-22-17)24-15(11-23-18)25-8-6-19(2,21)7-9-25;1-12-13(9-23-25-12)17-18-14(10-21-17)24-16(11-22-18)26-7-5-19(6-8-26)4-2-3-15(19)20;1-11-15(19)12(3-6-21-11)16-17-13(9-22-16)24-14(10-23-17)25-7-4-18(2,20)5-8-25;1-11-12(7-21-23-11)15-16-13(8-19-15)22-14(9-20-16)24-5-3-17(2,10-18)4-6-24/h3,6,10H,4-5,7-9,11,21H2,1-2H3,(H,22,23);3-5,11H,6-10,21H2,1-2H3;9,11,15H,2-8,10,20H2,1H3,(H,23,25);3,6,10H,4-5,7-9,20H2,1-2H3;7,9H,3-6,8,10,18H2,1-2H3,(H,21,23)/t;;15-;;/m..1../s1. The third-order valence-electron chi connectivity index (χ3n) is 27.6. The number of nitrogens with zero attached hydrogens (tertiary/aromatic N) is 24. The van der Waals surface area contributed by atoms with Crippen LogP contribution in [-0.2, 0) is 32.7 Å². The van der Waals surface area contributed by atoms with Crippen molar-refractivity contribution in [2.45, 2.75) is 189 Å². The SMILES string of the molecule is CNc1nccc(C2=NCc3nc(N4CCC(C)(CN)CC4)cnc32)c1Cl.Cc1[nH]ncc1C1=NCc2nc(N3CCC(C)(CN)CC3)cnc21.Cc1[nH]ncc1C1=NCc2nc(N3CCC4(CCC[C@H]4N)CC3)cnc21.Cc1cccc(C2=NCc3nc(N4CCC(C)(N)CC4)cnc32)c1Cl.Cc1nccc(C2=NCc3nc(N4CCC(C)(N)CC4)cnc32)c1Cl. The van der Waals surface area contributed by atoms with Crippen LogP contribution in [0.2, 0.25) is 15.1 Å². The number of aromatic amines is 2. The van der Waals surface area contributed by atoms with Gasteiger partial charge in [0.05, 0.1) is 154 Å². The zero-order chi connectivity index (χ0) is 88.7. The fourth-order valence-corrected chi connectivity index (χ4v) is 19.3. The van der Waals surface area contributed by atoms with Crippen molar-refractivity contribution in [1.82, 2.24) is 80.2 Å². The van der Waals surface area contributed by atoms with Crippen molar-refractivity contribution in [2.24, 2.45) is 69.9 Å². The lowest BCUT2D eigenvalue weighted by atomic mass is 9.74. The highest BCUT2D eigenvalue weighted by Crippen LogP contribution is 2.47. The Morgan fingerprint density at radius 2 is 0.732 bits per heavy atom. The summed E-state index contributed by atoms with van der Waals surface area (Å²) >= 11 is 19.4. The van der Waals surface area contributed by atoms with Gasteiger partial charge in [0.15, 0.2) is 0 Å². The summed E-state index contributed by atoms with van der Waals surface area (Å²) in [5.41, 5.74) is 53.0. The molecule has 1 saturated carbocycles. The van der Waals surface area contributed by atoms with Gasteiger partial charge in [-0.05, 0) is 166 Å². The molecule has 1 aromatic carbocycles. The lowest BCUT2D eigenvalue weighted by molar-refractivity contribution is 0.197. The highest BCUT2D eigenvalue weighted by atomic mass is 35.5. The Balaban J connectivity index is 0.000000112. The number of halogens is 3. The summed E-state index contributed by atoms with van der Waals surface area (Å²) in [5, 5.41) is 19.0. The summed E-state index contributed by atoms with van der Waals surface area (Å²) in [5.74, 6) is 5.30.